The van der Waals surface area contributed by atoms with Crippen LogP contribution < -0.4 is 0 Å². The topological polar surface area (TPSA) is 21.7 Å². The molecule has 1 aliphatic rings. The molecule has 1 heterocycles. The summed E-state index contributed by atoms with van der Waals surface area (Å²) in [6.07, 6.45) is 3.05. The van der Waals surface area contributed by atoms with Gasteiger partial charge in [-0.15, -0.1) is 6.58 Å². The largest absolute Gasteiger partial charge is 0.379 e. The molecule has 1 saturated heterocycles. The number of rotatable bonds is 5. The van der Waals surface area contributed by atoms with E-state index in [2.05, 4.69) is 18.4 Å². The lowest BCUT2D eigenvalue weighted by Gasteiger charge is -2.33. The van der Waals surface area contributed by atoms with Gasteiger partial charge in [-0.25, -0.2) is 0 Å². The van der Waals surface area contributed by atoms with Crippen LogP contribution in [0.5, 0.6) is 0 Å². The maximum absolute atomic E-state index is 5.63. The summed E-state index contributed by atoms with van der Waals surface area (Å²) in [4.78, 5) is 2.33. The fraction of sp³-hybridized carbons (Fsp3) is 0.800. The minimum Gasteiger partial charge on any atom is -0.379 e. The predicted octanol–water partition coefficient (Wildman–Crippen LogP) is 1.26. The summed E-state index contributed by atoms with van der Waals surface area (Å²) in [5.41, 5.74) is 0. The molecule has 0 saturated carbocycles. The fourth-order valence-corrected chi connectivity index (χ4v) is 1.53. The van der Waals surface area contributed by atoms with Crippen LogP contribution in [0.1, 0.15) is 13.3 Å². The van der Waals surface area contributed by atoms with Crippen molar-refractivity contribution in [2.75, 3.05) is 32.9 Å². The Balaban J connectivity index is 2.29. The molecule has 76 valence electrons. The molecular weight excluding hydrogens is 166 g/mol. The SMILES string of the molecule is C=CCOC(CC)N1CCOCC1. The molecule has 1 fully saturated rings. The average molecular weight is 185 g/mol. The molecule has 1 atom stereocenters. The quantitative estimate of drug-likeness (QED) is 0.602. The zero-order valence-electron chi connectivity index (χ0n) is 8.37. The van der Waals surface area contributed by atoms with Crippen LogP contribution >= 0.6 is 0 Å². The molecule has 1 unspecified atom stereocenters. The third-order valence-electron chi connectivity index (χ3n) is 2.21. The summed E-state index contributed by atoms with van der Waals surface area (Å²) in [5.74, 6) is 0. The Kier molecular flexibility index (Phi) is 5.05. The first-order valence-corrected chi connectivity index (χ1v) is 4.92. The van der Waals surface area contributed by atoms with E-state index in [-0.39, 0.29) is 6.23 Å². The molecular formula is C10H19NO2. The zero-order chi connectivity index (χ0) is 9.52. The van der Waals surface area contributed by atoms with Gasteiger partial charge in [0.15, 0.2) is 0 Å². The number of hydrogen-bond donors (Lipinski definition) is 0. The molecule has 3 heteroatoms. The maximum atomic E-state index is 5.63. The summed E-state index contributed by atoms with van der Waals surface area (Å²) >= 11 is 0. The van der Waals surface area contributed by atoms with Crippen LogP contribution in [0.25, 0.3) is 0 Å². The second-order valence-corrected chi connectivity index (χ2v) is 3.13. The Hall–Kier alpha value is -0.380. The predicted molar refractivity (Wildman–Crippen MR) is 52.6 cm³/mol. The van der Waals surface area contributed by atoms with E-state index in [4.69, 9.17) is 9.47 Å². The van der Waals surface area contributed by atoms with Crippen LogP contribution in [0.15, 0.2) is 12.7 Å². The molecule has 0 bridgehead atoms. The van der Waals surface area contributed by atoms with Gasteiger partial charge < -0.3 is 9.47 Å². The monoisotopic (exact) mass is 185 g/mol. The van der Waals surface area contributed by atoms with Crippen LogP contribution in [0.3, 0.4) is 0 Å². The number of ether oxygens (including phenoxy) is 2. The van der Waals surface area contributed by atoms with Crippen molar-refractivity contribution in [2.24, 2.45) is 0 Å². The molecule has 3 nitrogen and oxygen atoms in total. The second kappa shape index (κ2) is 6.13. The lowest BCUT2D eigenvalue weighted by molar-refractivity contribution is -0.0898. The van der Waals surface area contributed by atoms with Gasteiger partial charge >= 0.3 is 0 Å². The van der Waals surface area contributed by atoms with Gasteiger partial charge in [-0.2, -0.15) is 0 Å². The van der Waals surface area contributed by atoms with Crippen molar-refractivity contribution in [3.05, 3.63) is 12.7 Å². The van der Waals surface area contributed by atoms with Crippen LogP contribution in [-0.2, 0) is 9.47 Å². The van der Waals surface area contributed by atoms with Gasteiger partial charge in [-0.3, -0.25) is 4.90 Å². The summed E-state index contributed by atoms with van der Waals surface area (Å²) in [6, 6.07) is 0. The third kappa shape index (κ3) is 3.46. The van der Waals surface area contributed by atoms with Crippen molar-refractivity contribution in [3.8, 4) is 0 Å². The van der Waals surface area contributed by atoms with E-state index in [0.29, 0.717) is 6.61 Å². The Bertz CT molecular complexity index is 144. The number of nitrogens with zero attached hydrogens (tertiary/aromatic N) is 1. The molecule has 0 amide bonds. The van der Waals surface area contributed by atoms with E-state index in [9.17, 15) is 0 Å². The average Bonchev–Trinajstić information content (AvgIpc) is 2.21. The Morgan fingerprint density at radius 3 is 2.77 bits per heavy atom. The molecule has 0 spiro atoms. The van der Waals surface area contributed by atoms with E-state index in [0.717, 1.165) is 32.7 Å². The molecule has 0 radical (unpaired) electrons. The summed E-state index contributed by atoms with van der Waals surface area (Å²) in [5, 5.41) is 0. The van der Waals surface area contributed by atoms with Crippen molar-refractivity contribution < 1.29 is 9.47 Å². The fourth-order valence-electron chi connectivity index (χ4n) is 1.53. The minimum atomic E-state index is 0.238. The summed E-state index contributed by atoms with van der Waals surface area (Å²) in [7, 11) is 0. The molecule has 13 heavy (non-hydrogen) atoms. The van der Waals surface area contributed by atoms with Gasteiger partial charge in [-0.05, 0) is 6.42 Å². The van der Waals surface area contributed by atoms with Gasteiger partial charge in [0.2, 0.25) is 0 Å². The van der Waals surface area contributed by atoms with E-state index in [1.54, 1.807) is 6.08 Å². The first kappa shape index (κ1) is 10.7. The van der Waals surface area contributed by atoms with Crippen LogP contribution in [0, 0.1) is 0 Å². The molecule has 0 aromatic heterocycles. The van der Waals surface area contributed by atoms with Crippen molar-refractivity contribution in [2.45, 2.75) is 19.6 Å². The van der Waals surface area contributed by atoms with E-state index in [1.165, 1.54) is 0 Å². The zero-order valence-corrected chi connectivity index (χ0v) is 8.37. The van der Waals surface area contributed by atoms with E-state index < -0.39 is 0 Å². The van der Waals surface area contributed by atoms with Gasteiger partial charge in [-0.1, -0.05) is 13.0 Å². The highest BCUT2D eigenvalue weighted by atomic mass is 16.5. The van der Waals surface area contributed by atoms with Gasteiger partial charge in [0.1, 0.15) is 6.23 Å². The standard InChI is InChI=1S/C10H19NO2/c1-3-7-13-10(4-2)11-5-8-12-9-6-11/h3,10H,1,4-9H2,2H3. The molecule has 0 N–H and O–H groups in total. The minimum absolute atomic E-state index is 0.238. The summed E-state index contributed by atoms with van der Waals surface area (Å²) in [6.45, 7) is 10.0. The van der Waals surface area contributed by atoms with Crippen LogP contribution in [-0.4, -0.2) is 44.0 Å². The van der Waals surface area contributed by atoms with Crippen molar-refractivity contribution in [1.82, 2.24) is 4.90 Å². The first-order chi connectivity index (χ1) is 6.38. The second-order valence-electron chi connectivity index (χ2n) is 3.13. The lowest BCUT2D eigenvalue weighted by Crippen LogP contribution is -2.44. The van der Waals surface area contributed by atoms with E-state index >= 15 is 0 Å². The Labute approximate surface area is 80.3 Å². The number of morpholine rings is 1. The molecule has 0 aromatic rings. The normalized spacial score (nSPS) is 21.3. The summed E-state index contributed by atoms with van der Waals surface area (Å²) < 4.78 is 10.9. The van der Waals surface area contributed by atoms with Crippen LogP contribution in [0.4, 0.5) is 0 Å². The Morgan fingerprint density at radius 1 is 1.54 bits per heavy atom. The Morgan fingerprint density at radius 2 is 2.23 bits per heavy atom. The van der Waals surface area contributed by atoms with Crippen molar-refractivity contribution >= 4 is 0 Å². The highest BCUT2D eigenvalue weighted by molar-refractivity contribution is 4.69. The molecule has 0 aromatic carbocycles. The smallest absolute Gasteiger partial charge is 0.110 e. The van der Waals surface area contributed by atoms with Crippen molar-refractivity contribution in [3.63, 3.8) is 0 Å². The van der Waals surface area contributed by atoms with E-state index in [1.807, 2.05) is 0 Å². The maximum Gasteiger partial charge on any atom is 0.110 e. The van der Waals surface area contributed by atoms with Gasteiger partial charge in [0, 0.05) is 13.1 Å². The van der Waals surface area contributed by atoms with Gasteiger partial charge in [0.25, 0.3) is 0 Å². The highest BCUT2D eigenvalue weighted by Crippen LogP contribution is 2.08. The molecule has 0 aliphatic carbocycles. The lowest BCUT2D eigenvalue weighted by atomic mass is 10.3. The first-order valence-electron chi connectivity index (χ1n) is 4.92. The molecule has 1 aliphatic heterocycles. The number of hydrogen-bond acceptors (Lipinski definition) is 3. The highest BCUT2D eigenvalue weighted by Gasteiger charge is 2.18. The molecule has 1 rings (SSSR count). The van der Waals surface area contributed by atoms with Crippen molar-refractivity contribution in [1.29, 1.82) is 0 Å². The van der Waals surface area contributed by atoms with Crippen LogP contribution in [0.2, 0.25) is 0 Å². The van der Waals surface area contributed by atoms with Gasteiger partial charge in [0.05, 0.1) is 19.8 Å². The third-order valence-corrected chi connectivity index (χ3v) is 2.21.